The van der Waals surface area contributed by atoms with Gasteiger partial charge in [-0.2, -0.15) is 4.31 Å². The summed E-state index contributed by atoms with van der Waals surface area (Å²) in [5.74, 6) is -1.07. The van der Waals surface area contributed by atoms with Gasteiger partial charge in [0.25, 0.3) is 5.91 Å². The number of hydrogen-bond donors (Lipinski definition) is 0. The van der Waals surface area contributed by atoms with Crippen LogP contribution < -0.4 is 4.90 Å². The summed E-state index contributed by atoms with van der Waals surface area (Å²) in [7, 11) is -4.26. The molecule has 0 bridgehead atoms. The van der Waals surface area contributed by atoms with E-state index in [2.05, 4.69) is 0 Å². The van der Waals surface area contributed by atoms with Gasteiger partial charge in [-0.25, -0.2) is 13.3 Å². The molecule has 166 valence electrons. The minimum Gasteiger partial charge on any atom is -0.274 e. The van der Waals surface area contributed by atoms with Crippen molar-refractivity contribution >= 4 is 62.1 Å². The van der Waals surface area contributed by atoms with E-state index in [9.17, 15) is 18.0 Å². The van der Waals surface area contributed by atoms with E-state index in [1.54, 1.807) is 36.4 Å². The molecule has 6 nitrogen and oxygen atoms in total. The van der Waals surface area contributed by atoms with Gasteiger partial charge >= 0.3 is 0 Å². The van der Waals surface area contributed by atoms with E-state index >= 15 is 0 Å². The predicted octanol–water partition coefficient (Wildman–Crippen LogP) is 4.89. The van der Waals surface area contributed by atoms with Crippen LogP contribution in [0.25, 0.3) is 0 Å². The fourth-order valence-electron chi connectivity index (χ4n) is 3.53. The van der Waals surface area contributed by atoms with Gasteiger partial charge in [-0.1, -0.05) is 47.0 Å². The van der Waals surface area contributed by atoms with Gasteiger partial charge in [0.05, 0.1) is 17.1 Å². The number of nitrogens with zero attached hydrogens (tertiary/aromatic N) is 2. The molecule has 4 rings (SSSR count). The molecule has 1 fully saturated rings. The Morgan fingerprint density at radius 3 is 2.47 bits per heavy atom. The summed E-state index contributed by atoms with van der Waals surface area (Å²) in [6.07, 6.45) is -0.268. The van der Waals surface area contributed by atoms with Gasteiger partial charge in [0.15, 0.2) is 0 Å². The maximum atomic E-state index is 13.7. The third kappa shape index (κ3) is 4.33. The van der Waals surface area contributed by atoms with Crippen molar-refractivity contribution in [2.45, 2.75) is 30.8 Å². The zero-order valence-corrected chi connectivity index (χ0v) is 20.0. The second-order valence-electron chi connectivity index (χ2n) is 7.33. The number of halogens is 2. The summed E-state index contributed by atoms with van der Waals surface area (Å²) in [5, 5.41) is 1.99. The van der Waals surface area contributed by atoms with Crippen LogP contribution in [0.2, 0.25) is 10.0 Å². The van der Waals surface area contributed by atoms with Gasteiger partial charge in [0.1, 0.15) is 10.9 Å². The highest BCUT2D eigenvalue weighted by atomic mass is 35.5. The molecule has 0 saturated carbocycles. The molecule has 1 aliphatic rings. The van der Waals surface area contributed by atoms with Crippen molar-refractivity contribution in [3.63, 3.8) is 0 Å². The first kappa shape index (κ1) is 22.9. The molecule has 2 amide bonds. The number of amides is 2. The molecule has 32 heavy (non-hydrogen) atoms. The molecule has 1 atom stereocenters. The van der Waals surface area contributed by atoms with Crippen LogP contribution in [0.5, 0.6) is 0 Å². The van der Waals surface area contributed by atoms with Gasteiger partial charge in [-0.3, -0.25) is 9.59 Å². The number of carbonyl (C=O) groups is 2. The number of carbonyl (C=O) groups excluding carboxylic acids is 2. The molecule has 10 heteroatoms. The number of anilines is 1. The van der Waals surface area contributed by atoms with Gasteiger partial charge in [-0.15, -0.1) is 11.3 Å². The van der Waals surface area contributed by atoms with Crippen LogP contribution in [0.4, 0.5) is 5.69 Å². The molecular formula is C22H18Cl2N2O4S2. The highest BCUT2D eigenvalue weighted by Gasteiger charge is 2.47. The second-order valence-corrected chi connectivity index (χ2v) is 11.1. The molecular weight excluding hydrogens is 491 g/mol. The number of sulfonamides is 1. The molecule has 2 heterocycles. The van der Waals surface area contributed by atoms with E-state index < -0.39 is 27.9 Å². The lowest BCUT2D eigenvalue weighted by Crippen LogP contribution is -2.45. The van der Waals surface area contributed by atoms with Crippen molar-refractivity contribution in [3.8, 4) is 0 Å². The smallest absolute Gasteiger partial charge is 0.252 e. The second kappa shape index (κ2) is 8.96. The molecule has 0 radical (unpaired) electrons. The Kier molecular flexibility index (Phi) is 6.42. The van der Waals surface area contributed by atoms with Gasteiger partial charge in [0.2, 0.25) is 15.9 Å². The van der Waals surface area contributed by atoms with Gasteiger partial charge < -0.3 is 0 Å². The Hall–Kier alpha value is -2.23. The first-order chi connectivity index (χ1) is 15.2. The number of benzene rings is 2. The summed E-state index contributed by atoms with van der Waals surface area (Å²) >= 11 is 13.6. The van der Waals surface area contributed by atoms with Crippen LogP contribution in [0.3, 0.4) is 0 Å². The third-order valence-corrected chi connectivity index (χ3v) is 8.57. The topological polar surface area (TPSA) is 74.8 Å². The normalized spacial score (nSPS) is 16.9. The quantitative estimate of drug-likeness (QED) is 0.444. The van der Waals surface area contributed by atoms with E-state index in [4.69, 9.17) is 23.2 Å². The number of aryl methyl sites for hydroxylation is 1. The van der Waals surface area contributed by atoms with Crippen molar-refractivity contribution < 1.29 is 18.0 Å². The fraction of sp³-hybridized carbons (Fsp3) is 0.182. The third-order valence-electron chi connectivity index (χ3n) is 5.13. The van der Waals surface area contributed by atoms with E-state index in [-0.39, 0.29) is 27.9 Å². The summed E-state index contributed by atoms with van der Waals surface area (Å²) in [4.78, 5) is 27.7. The van der Waals surface area contributed by atoms with Crippen LogP contribution in [-0.2, 0) is 26.2 Å². The average molecular weight is 509 g/mol. The van der Waals surface area contributed by atoms with Gasteiger partial charge in [0, 0.05) is 16.4 Å². The lowest BCUT2D eigenvalue weighted by Gasteiger charge is -2.27. The molecule has 0 aliphatic carbocycles. The molecule has 1 saturated heterocycles. The summed E-state index contributed by atoms with van der Waals surface area (Å²) in [6.45, 7) is 1.82. The van der Waals surface area contributed by atoms with Gasteiger partial charge in [-0.05, 0) is 48.7 Å². The Bertz CT molecular complexity index is 1280. The number of rotatable bonds is 6. The van der Waals surface area contributed by atoms with Crippen molar-refractivity contribution in [2.75, 3.05) is 4.90 Å². The van der Waals surface area contributed by atoms with Crippen LogP contribution in [-0.4, -0.2) is 30.6 Å². The van der Waals surface area contributed by atoms with E-state index in [1.807, 2.05) is 12.3 Å². The largest absolute Gasteiger partial charge is 0.274 e. The molecule has 1 aromatic heterocycles. The number of thiophene rings is 1. The summed E-state index contributed by atoms with van der Waals surface area (Å²) in [5.41, 5.74) is 1.38. The first-order valence-electron chi connectivity index (χ1n) is 9.61. The van der Waals surface area contributed by atoms with Crippen molar-refractivity contribution in [1.29, 1.82) is 0 Å². The molecule has 0 spiro atoms. The Balaban J connectivity index is 1.77. The summed E-state index contributed by atoms with van der Waals surface area (Å²) in [6, 6.07) is 13.4. The molecule has 3 aromatic rings. The standard InChI is InChI=1S/C22H18Cl2N2O4S2/c1-14-4-7-16(8-5-14)26-21(27)12-19(22(26)28)25(13-17-3-2-10-31-17)32(29,30)20-11-15(23)6-9-18(20)24/h2-11,19H,12-13H2,1H3. The van der Waals surface area contributed by atoms with E-state index in [1.165, 1.54) is 29.5 Å². The number of imide groups is 1. The maximum absolute atomic E-state index is 13.7. The van der Waals surface area contributed by atoms with Crippen LogP contribution >= 0.6 is 34.5 Å². The lowest BCUT2D eigenvalue weighted by atomic mass is 10.2. The SMILES string of the molecule is Cc1ccc(N2C(=O)CC(N(Cc3cccs3)S(=O)(=O)c3cc(Cl)ccc3Cl)C2=O)cc1. The zero-order chi connectivity index (χ0) is 23.0. The summed E-state index contributed by atoms with van der Waals surface area (Å²) < 4.78 is 28.4. The minimum absolute atomic E-state index is 0.0160. The molecule has 1 unspecified atom stereocenters. The Morgan fingerprint density at radius 2 is 1.81 bits per heavy atom. The van der Waals surface area contributed by atoms with Crippen molar-refractivity contribution in [2.24, 2.45) is 0 Å². The van der Waals surface area contributed by atoms with Crippen LogP contribution in [0.15, 0.2) is 64.9 Å². The molecule has 0 N–H and O–H groups in total. The van der Waals surface area contributed by atoms with Crippen LogP contribution in [0.1, 0.15) is 16.9 Å². The number of hydrogen-bond acceptors (Lipinski definition) is 5. The van der Waals surface area contributed by atoms with Crippen LogP contribution in [0, 0.1) is 6.92 Å². The Morgan fingerprint density at radius 1 is 1.09 bits per heavy atom. The first-order valence-corrected chi connectivity index (χ1v) is 12.7. The van der Waals surface area contributed by atoms with E-state index in [0.29, 0.717) is 5.69 Å². The maximum Gasteiger partial charge on any atom is 0.252 e. The zero-order valence-electron chi connectivity index (χ0n) is 16.9. The van der Waals surface area contributed by atoms with E-state index in [0.717, 1.165) is 19.6 Å². The lowest BCUT2D eigenvalue weighted by molar-refractivity contribution is -0.122. The monoisotopic (exact) mass is 508 g/mol. The highest BCUT2D eigenvalue weighted by molar-refractivity contribution is 7.89. The predicted molar refractivity (Wildman–Crippen MR) is 126 cm³/mol. The van der Waals surface area contributed by atoms with Crippen molar-refractivity contribution in [1.82, 2.24) is 4.31 Å². The Labute approximate surface area is 200 Å². The highest BCUT2D eigenvalue weighted by Crippen LogP contribution is 2.34. The fourth-order valence-corrected chi connectivity index (χ4v) is 6.61. The average Bonchev–Trinajstić information content (AvgIpc) is 3.36. The minimum atomic E-state index is -4.26. The van der Waals surface area contributed by atoms with Crippen molar-refractivity contribution in [3.05, 3.63) is 80.5 Å². The molecule has 2 aromatic carbocycles. The molecule has 1 aliphatic heterocycles.